The number of nitrogens with two attached hydrogens (primary N) is 1. The van der Waals surface area contributed by atoms with Crippen molar-refractivity contribution in [3.63, 3.8) is 0 Å². The highest BCUT2D eigenvalue weighted by molar-refractivity contribution is 9.10. The second kappa shape index (κ2) is 4.06. The molecule has 0 amide bonds. The Bertz CT molecular complexity index is 362. The van der Waals surface area contributed by atoms with E-state index < -0.39 is 22.9 Å². The van der Waals surface area contributed by atoms with Gasteiger partial charge in [-0.2, -0.15) is 0 Å². The monoisotopic (exact) mass is 279 g/mol. The highest BCUT2D eigenvalue weighted by Crippen LogP contribution is 2.31. The summed E-state index contributed by atoms with van der Waals surface area (Å²) < 4.78 is 26.6. The zero-order valence-electron chi connectivity index (χ0n) is 8.44. The van der Waals surface area contributed by atoms with Crippen LogP contribution in [0.4, 0.5) is 8.78 Å². The second-order valence-corrected chi connectivity index (χ2v) is 5.00. The molecule has 0 spiro atoms. The van der Waals surface area contributed by atoms with Gasteiger partial charge in [0.05, 0.1) is 4.47 Å². The predicted octanol–water partition coefficient (Wildman–Crippen LogP) is 2.71. The van der Waals surface area contributed by atoms with Crippen LogP contribution in [0.3, 0.4) is 0 Å². The van der Waals surface area contributed by atoms with Gasteiger partial charge in [-0.25, -0.2) is 8.78 Å². The molecule has 5 heteroatoms. The predicted molar refractivity (Wildman–Crippen MR) is 57.7 cm³/mol. The molecule has 0 aliphatic carbocycles. The molecule has 0 bridgehead atoms. The molecule has 0 atom stereocenters. The number of hydrogen-bond acceptors (Lipinski definition) is 2. The summed E-state index contributed by atoms with van der Waals surface area (Å²) in [5, 5.41) is 9.37. The maximum atomic E-state index is 13.5. The molecular weight excluding hydrogens is 268 g/mol. The number of benzene rings is 1. The molecule has 0 aromatic heterocycles. The zero-order valence-corrected chi connectivity index (χ0v) is 10.0. The number of phenols is 1. The van der Waals surface area contributed by atoms with E-state index in [1.165, 1.54) is 0 Å². The van der Waals surface area contributed by atoms with Crippen molar-refractivity contribution in [3.05, 3.63) is 27.7 Å². The lowest BCUT2D eigenvalue weighted by Crippen LogP contribution is -2.34. The lowest BCUT2D eigenvalue weighted by atomic mass is 9.95. The average molecular weight is 280 g/mol. The van der Waals surface area contributed by atoms with Crippen LogP contribution in [0, 0.1) is 11.6 Å². The lowest BCUT2D eigenvalue weighted by Gasteiger charge is -2.20. The van der Waals surface area contributed by atoms with Crippen LogP contribution in [0.2, 0.25) is 0 Å². The first-order valence-electron chi connectivity index (χ1n) is 4.36. The Morgan fingerprint density at radius 3 is 2.47 bits per heavy atom. The van der Waals surface area contributed by atoms with Crippen LogP contribution in [-0.2, 0) is 6.42 Å². The Balaban J connectivity index is 3.27. The second-order valence-electron chi connectivity index (χ2n) is 4.15. The van der Waals surface area contributed by atoms with E-state index in [2.05, 4.69) is 15.9 Å². The summed E-state index contributed by atoms with van der Waals surface area (Å²) in [7, 11) is 0. The van der Waals surface area contributed by atoms with Gasteiger partial charge in [0.25, 0.3) is 0 Å². The summed E-state index contributed by atoms with van der Waals surface area (Å²) in [5.41, 5.74) is 4.87. The summed E-state index contributed by atoms with van der Waals surface area (Å²) in [6.45, 7) is 3.34. The number of aromatic hydroxyl groups is 1. The van der Waals surface area contributed by atoms with Crippen LogP contribution in [0.25, 0.3) is 0 Å². The molecule has 0 aliphatic rings. The first-order chi connectivity index (χ1) is 6.72. The van der Waals surface area contributed by atoms with E-state index >= 15 is 0 Å². The minimum Gasteiger partial charge on any atom is -0.505 e. The summed E-state index contributed by atoms with van der Waals surface area (Å²) in [4.78, 5) is 0. The molecule has 0 saturated carbocycles. The summed E-state index contributed by atoms with van der Waals surface area (Å²) in [6, 6.07) is 0.887. The molecule has 84 valence electrons. The van der Waals surface area contributed by atoms with Crippen LogP contribution in [0.5, 0.6) is 5.75 Å². The first-order valence-corrected chi connectivity index (χ1v) is 5.16. The fraction of sp³-hybridized carbons (Fsp3) is 0.400. The third-order valence-corrected chi connectivity index (χ3v) is 2.45. The van der Waals surface area contributed by atoms with Crippen molar-refractivity contribution in [2.24, 2.45) is 5.73 Å². The number of phenolic OH excluding ortho intramolecular Hbond substituents is 1. The average Bonchev–Trinajstić information content (AvgIpc) is 2.08. The van der Waals surface area contributed by atoms with Crippen molar-refractivity contribution in [1.29, 1.82) is 0 Å². The van der Waals surface area contributed by atoms with E-state index in [1.807, 2.05) is 0 Å². The smallest absolute Gasteiger partial charge is 0.166 e. The van der Waals surface area contributed by atoms with E-state index in [1.54, 1.807) is 13.8 Å². The Morgan fingerprint density at radius 1 is 1.47 bits per heavy atom. The van der Waals surface area contributed by atoms with Gasteiger partial charge in [-0.05, 0) is 42.3 Å². The highest BCUT2D eigenvalue weighted by Gasteiger charge is 2.22. The van der Waals surface area contributed by atoms with E-state index in [0.717, 1.165) is 6.07 Å². The fourth-order valence-corrected chi connectivity index (χ4v) is 1.69. The van der Waals surface area contributed by atoms with Crippen molar-refractivity contribution in [2.75, 3.05) is 0 Å². The zero-order chi connectivity index (χ0) is 11.8. The Kier molecular flexibility index (Phi) is 3.35. The standard InChI is InChI=1S/C10H12BrF2NO/c1-10(2,14)4-5-8(13)6(11)3-7(12)9(5)15/h3,15H,4,14H2,1-2H3. The van der Waals surface area contributed by atoms with Gasteiger partial charge in [-0.15, -0.1) is 0 Å². The van der Waals surface area contributed by atoms with Gasteiger partial charge in [-0.1, -0.05) is 0 Å². The lowest BCUT2D eigenvalue weighted by molar-refractivity contribution is 0.403. The molecule has 0 unspecified atom stereocenters. The van der Waals surface area contributed by atoms with Crippen LogP contribution >= 0.6 is 15.9 Å². The third-order valence-electron chi connectivity index (χ3n) is 1.87. The van der Waals surface area contributed by atoms with Crippen LogP contribution in [0.1, 0.15) is 19.4 Å². The van der Waals surface area contributed by atoms with Crippen LogP contribution in [-0.4, -0.2) is 10.6 Å². The van der Waals surface area contributed by atoms with Gasteiger partial charge in [-0.3, -0.25) is 0 Å². The van der Waals surface area contributed by atoms with Crippen molar-refractivity contribution < 1.29 is 13.9 Å². The summed E-state index contributed by atoms with van der Waals surface area (Å²) >= 11 is 2.87. The first kappa shape index (κ1) is 12.4. The van der Waals surface area contributed by atoms with Gasteiger partial charge >= 0.3 is 0 Å². The van der Waals surface area contributed by atoms with E-state index in [4.69, 9.17) is 5.73 Å². The van der Waals surface area contributed by atoms with E-state index in [9.17, 15) is 13.9 Å². The van der Waals surface area contributed by atoms with Crippen molar-refractivity contribution in [1.82, 2.24) is 0 Å². The minimum atomic E-state index is -0.859. The SMILES string of the molecule is CC(C)(N)Cc1c(O)c(F)cc(Br)c1F. The van der Waals surface area contributed by atoms with Gasteiger partial charge in [0.1, 0.15) is 5.82 Å². The maximum Gasteiger partial charge on any atom is 0.166 e. The van der Waals surface area contributed by atoms with E-state index in [0.29, 0.717) is 0 Å². The quantitative estimate of drug-likeness (QED) is 0.818. The normalized spacial score (nSPS) is 11.9. The Hall–Kier alpha value is -0.680. The molecule has 0 aliphatic heterocycles. The molecule has 1 aromatic carbocycles. The van der Waals surface area contributed by atoms with Crippen molar-refractivity contribution in [2.45, 2.75) is 25.8 Å². The van der Waals surface area contributed by atoms with Crippen molar-refractivity contribution >= 4 is 15.9 Å². The molecule has 15 heavy (non-hydrogen) atoms. The number of hydrogen-bond donors (Lipinski definition) is 2. The van der Waals surface area contributed by atoms with Crippen molar-refractivity contribution in [3.8, 4) is 5.75 Å². The molecule has 0 heterocycles. The van der Waals surface area contributed by atoms with Gasteiger partial charge in [0.2, 0.25) is 0 Å². The van der Waals surface area contributed by atoms with Gasteiger partial charge < -0.3 is 10.8 Å². The van der Waals surface area contributed by atoms with Gasteiger partial charge in [0, 0.05) is 11.1 Å². The van der Waals surface area contributed by atoms with E-state index in [-0.39, 0.29) is 16.5 Å². The highest BCUT2D eigenvalue weighted by atomic mass is 79.9. The largest absolute Gasteiger partial charge is 0.505 e. The van der Waals surface area contributed by atoms with Crippen LogP contribution < -0.4 is 5.73 Å². The number of halogens is 3. The Labute approximate surface area is 95.2 Å². The number of rotatable bonds is 2. The molecule has 3 N–H and O–H groups in total. The fourth-order valence-electron chi connectivity index (χ4n) is 1.25. The Morgan fingerprint density at radius 2 is 2.00 bits per heavy atom. The molecule has 1 rings (SSSR count). The summed E-state index contributed by atoms with van der Waals surface area (Å²) in [5.74, 6) is -2.20. The molecular formula is C10H12BrF2NO. The topological polar surface area (TPSA) is 46.2 Å². The summed E-state index contributed by atoms with van der Waals surface area (Å²) in [6.07, 6.45) is 0.0566. The molecule has 1 aromatic rings. The maximum absolute atomic E-state index is 13.5. The van der Waals surface area contributed by atoms with Gasteiger partial charge in [0.15, 0.2) is 11.6 Å². The minimum absolute atomic E-state index is 0.0166. The third kappa shape index (κ3) is 2.89. The molecule has 0 saturated heterocycles. The molecule has 0 radical (unpaired) electrons. The van der Waals surface area contributed by atoms with Crippen LogP contribution in [0.15, 0.2) is 10.5 Å². The molecule has 0 fully saturated rings. The molecule has 2 nitrogen and oxygen atoms in total.